The van der Waals surface area contributed by atoms with Gasteiger partial charge in [-0.15, -0.1) is 0 Å². The van der Waals surface area contributed by atoms with Gasteiger partial charge in [0.15, 0.2) is 0 Å². The van der Waals surface area contributed by atoms with Crippen molar-refractivity contribution in [2.24, 2.45) is 0 Å². The lowest BCUT2D eigenvalue weighted by Gasteiger charge is -2.27. The number of nitrogens with zero attached hydrogens (tertiary/aromatic N) is 3. The zero-order valence-corrected chi connectivity index (χ0v) is 16.0. The molecule has 0 aliphatic carbocycles. The number of amides is 2. The number of hydrogen-bond acceptors (Lipinski definition) is 4. The summed E-state index contributed by atoms with van der Waals surface area (Å²) < 4.78 is 0. The van der Waals surface area contributed by atoms with E-state index in [-0.39, 0.29) is 23.3 Å². The van der Waals surface area contributed by atoms with Gasteiger partial charge in [0.1, 0.15) is 5.82 Å². The maximum absolute atomic E-state index is 12.6. The van der Waals surface area contributed by atoms with E-state index in [1.165, 1.54) is 6.92 Å². The van der Waals surface area contributed by atoms with E-state index in [9.17, 15) is 14.4 Å². The van der Waals surface area contributed by atoms with Crippen molar-refractivity contribution in [2.45, 2.75) is 38.6 Å². The number of fused-ring (bicyclic) bond motifs is 1. The molecule has 1 N–H and O–H groups in total. The quantitative estimate of drug-likeness (QED) is 0.868. The van der Waals surface area contributed by atoms with Crippen LogP contribution in [0, 0.1) is 0 Å². The second-order valence-electron chi connectivity index (χ2n) is 7.55. The van der Waals surface area contributed by atoms with E-state index in [4.69, 9.17) is 0 Å². The zero-order chi connectivity index (χ0) is 19.7. The standard InChI is InChI=1S/C21H24N4O3/c1-14(26)24-10-8-17-18(13-24)22-20(23-21(17)28)16-7-9-25(12-16)19(27)11-15-5-3-2-4-6-15/h2-6,16H,7-13H2,1H3,(H,22,23,28)/t16-/m0/s1. The smallest absolute Gasteiger partial charge is 0.254 e. The molecule has 1 aromatic heterocycles. The maximum Gasteiger partial charge on any atom is 0.254 e. The molecule has 0 spiro atoms. The normalized spacial score (nSPS) is 18.8. The van der Waals surface area contributed by atoms with Crippen LogP contribution in [0.15, 0.2) is 35.1 Å². The average molecular weight is 380 g/mol. The number of aromatic amines is 1. The largest absolute Gasteiger partial charge is 0.342 e. The number of hydrogen-bond donors (Lipinski definition) is 1. The molecule has 4 rings (SSSR count). The molecule has 146 valence electrons. The summed E-state index contributed by atoms with van der Waals surface area (Å²) in [5.74, 6) is 0.735. The number of likely N-dealkylation sites (tertiary alicyclic amines) is 1. The third kappa shape index (κ3) is 3.69. The number of carbonyl (C=O) groups excluding carboxylic acids is 2. The van der Waals surface area contributed by atoms with Crippen LogP contribution < -0.4 is 5.56 Å². The molecule has 3 heterocycles. The van der Waals surface area contributed by atoms with Crippen LogP contribution in [0.4, 0.5) is 0 Å². The Morgan fingerprint density at radius 1 is 1.18 bits per heavy atom. The molecular weight excluding hydrogens is 356 g/mol. The van der Waals surface area contributed by atoms with Crippen molar-refractivity contribution in [2.75, 3.05) is 19.6 Å². The van der Waals surface area contributed by atoms with Crippen LogP contribution in [0.5, 0.6) is 0 Å². The maximum atomic E-state index is 12.6. The van der Waals surface area contributed by atoms with E-state index in [1.807, 2.05) is 35.2 Å². The highest BCUT2D eigenvalue weighted by Gasteiger charge is 2.30. The minimum Gasteiger partial charge on any atom is -0.342 e. The lowest BCUT2D eigenvalue weighted by atomic mass is 10.0. The van der Waals surface area contributed by atoms with Crippen molar-refractivity contribution >= 4 is 11.8 Å². The molecule has 2 aromatic rings. The molecule has 1 fully saturated rings. The summed E-state index contributed by atoms with van der Waals surface area (Å²) >= 11 is 0. The molecule has 28 heavy (non-hydrogen) atoms. The first-order valence-electron chi connectivity index (χ1n) is 9.70. The minimum absolute atomic E-state index is 0.00664. The summed E-state index contributed by atoms with van der Waals surface area (Å²) in [4.78, 5) is 47.9. The van der Waals surface area contributed by atoms with Crippen molar-refractivity contribution < 1.29 is 9.59 Å². The van der Waals surface area contributed by atoms with Crippen LogP contribution in [0.1, 0.15) is 41.9 Å². The van der Waals surface area contributed by atoms with Gasteiger partial charge < -0.3 is 14.8 Å². The van der Waals surface area contributed by atoms with Crippen molar-refractivity contribution in [3.8, 4) is 0 Å². The third-order valence-corrected chi connectivity index (χ3v) is 5.66. The lowest BCUT2D eigenvalue weighted by molar-refractivity contribution is -0.130. The number of rotatable bonds is 3. The predicted molar refractivity (Wildman–Crippen MR) is 104 cm³/mol. The molecule has 2 aliphatic rings. The Labute approximate surface area is 163 Å². The number of benzene rings is 1. The molecule has 0 bridgehead atoms. The van der Waals surface area contributed by atoms with Gasteiger partial charge in [0, 0.05) is 38.0 Å². The highest BCUT2D eigenvalue weighted by molar-refractivity contribution is 5.79. The molecule has 0 radical (unpaired) electrons. The van der Waals surface area contributed by atoms with Crippen LogP contribution in [0.25, 0.3) is 0 Å². The fourth-order valence-electron chi connectivity index (χ4n) is 4.01. The Morgan fingerprint density at radius 3 is 2.71 bits per heavy atom. The fraction of sp³-hybridized carbons (Fsp3) is 0.429. The van der Waals surface area contributed by atoms with Crippen molar-refractivity contribution in [3.63, 3.8) is 0 Å². The van der Waals surface area contributed by atoms with E-state index in [2.05, 4.69) is 9.97 Å². The van der Waals surface area contributed by atoms with Gasteiger partial charge in [-0.25, -0.2) is 4.98 Å². The Hall–Kier alpha value is -2.96. The van der Waals surface area contributed by atoms with Crippen molar-refractivity contribution in [1.29, 1.82) is 0 Å². The highest BCUT2D eigenvalue weighted by Crippen LogP contribution is 2.26. The van der Waals surface area contributed by atoms with Gasteiger partial charge in [-0.3, -0.25) is 14.4 Å². The second kappa shape index (κ2) is 7.58. The summed E-state index contributed by atoms with van der Waals surface area (Å²) in [7, 11) is 0. The third-order valence-electron chi connectivity index (χ3n) is 5.66. The molecule has 7 heteroatoms. The van der Waals surface area contributed by atoms with Gasteiger partial charge in [0.05, 0.1) is 18.7 Å². The predicted octanol–water partition coefficient (Wildman–Crippen LogP) is 1.23. The molecule has 1 saturated heterocycles. The van der Waals surface area contributed by atoms with Gasteiger partial charge >= 0.3 is 0 Å². The first-order valence-corrected chi connectivity index (χ1v) is 9.70. The minimum atomic E-state index is -0.114. The first kappa shape index (κ1) is 18.4. The molecule has 1 atom stereocenters. The molecule has 2 aliphatic heterocycles. The van der Waals surface area contributed by atoms with Gasteiger partial charge in [0.25, 0.3) is 5.56 Å². The van der Waals surface area contributed by atoms with Crippen LogP contribution in [-0.2, 0) is 29.0 Å². The van der Waals surface area contributed by atoms with Crippen LogP contribution in [-0.4, -0.2) is 51.2 Å². The van der Waals surface area contributed by atoms with E-state index in [0.717, 1.165) is 12.0 Å². The van der Waals surface area contributed by atoms with Crippen LogP contribution in [0.3, 0.4) is 0 Å². The summed E-state index contributed by atoms with van der Waals surface area (Å²) in [5, 5.41) is 0. The molecule has 0 saturated carbocycles. The molecule has 7 nitrogen and oxygen atoms in total. The summed E-state index contributed by atoms with van der Waals surface area (Å²) in [6, 6.07) is 9.71. The van der Waals surface area contributed by atoms with Gasteiger partial charge in [0.2, 0.25) is 11.8 Å². The van der Waals surface area contributed by atoms with E-state index in [1.54, 1.807) is 4.90 Å². The Bertz CT molecular complexity index is 954. The topological polar surface area (TPSA) is 86.4 Å². The van der Waals surface area contributed by atoms with Gasteiger partial charge in [-0.2, -0.15) is 0 Å². The van der Waals surface area contributed by atoms with E-state index >= 15 is 0 Å². The average Bonchev–Trinajstić information content (AvgIpc) is 3.18. The van der Waals surface area contributed by atoms with E-state index in [0.29, 0.717) is 56.1 Å². The number of carbonyl (C=O) groups is 2. The summed E-state index contributed by atoms with van der Waals surface area (Å²) in [5.41, 5.74) is 2.25. The fourth-order valence-corrected chi connectivity index (χ4v) is 4.01. The SMILES string of the molecule is CC(=O)N1CCc2c(nc([C@H]3CCN(C(=O)Cc4ccccc4)C3)[nH]c2=O)C1. The highest BCUT2D eigenvalue weighted by atomic mass is 16.2. The zero-order valence-electron chi connectivity index (χ0n) is 16.0. The second-order valence-corrected chi connectivity index (χ2v) is 7.55. The molecular formula is C21H24N4O3. The molecule has 0 unspecified atom stereocenters. The van der Waals surface area contributed by atoms with Gasteiger partial charge in [-0.1, -0.05) is 30.3 Å². The Balaban J connectivity index is 1.48. The van der Waals surface area contributed by atoms with Crippen LogP contribution in [0.2, 0.25) is 0 Å². The first-order chi connectivity index (χ1) is 13.5. The summed E-state index contributed by atoms with van der Waals surface area (Å²) in [6.45, 7) is 3.69. The van der Waals surface area contributed by atoms with Crippen molar-refractivity contribution in [1.82, 2.24) is 19.8 Å². The molecule has 1 aromatic carbocycles. The summed E-state index contributed by atoms with van der Waals surface area (Å²) in [6.07, 6.45) is 1.69. The lowest BCUT2D eigenvalue weighted by Crippen LogP contribution is -2.38. The number of nitrogens with one attached hydrogen (secondary N) is 1. The number of H-pyrrole nitrogens is 1. The Morgan fingerprint density at radius 2 is 1.96 bits per heavy atom. The van der Waals surface area contributed by atoms with Crippen molar-refractivity contribution in [3.05, 3.63) is 63.3 Å². The van der Waals surface area contributed by atoms with Gasteiger partial charge in [-0.05, 0) is 18.4 Å². The monoisotopic (exact) mass is 380 g/mol. The Kier molecular flexibility index (Phi) is 4.98. The molecule has 2 amide bonds. The van der Waals surface area contributed by atoms with Crippen LogP contribution >= 0.6 is 0 Å². The van der Waals surface area contributed by atoms with E-state index < -0.39 is 0 Å². The number of aromatic nitrogens is 2.